The lowest BCUT2D eigenvalue weighted by Crippen LogP contribution is -2.30. The van der Waals surface area contributed by atoms with Crippen LogP contribution in [0.4, 0.5) is 4.39 Å². The highest BCUT2D eigenvalue weighted by Gasteiger charge is 2.24. The van der Waals surface area contributed by atoms with Crippen LogP contribution in [0, 0.1) is 17.1 Å². The second-order valence-electron chi connectivity index (χ2n) is 5.09. The van der Waals surface area contributed by atoms with Crippen LogP contribution in [-0.2, 0) is 4.79 Å². The molecule has 0 aliphatic heterocycles. The number of carboxylic acid groups (broad SMARTS) is 1. The number of carbonyl (C=O) groups excluding carboxylic acids is 1. The Morgan fingerprint density at radius 3 is 2.62 bits per heavy atom. The highest BCUT2D eigenvalue weighted by molar-refractivity contribution is 7.14. The van der Waals surface area contributed by atoms with E-state index in [9.17, 15) is 24.3 Å². The third kappa shape index (κ3) is 3.03. The summed E-state index contributed by atoms with van der Waals surface area (Å²) in [6.07, 6.45) is 0. The van der Waals surface area contributed by atoms with Gasteiger partial charge in [0, 0.05) is 5.56 Å². The number of halogens is 1. The van der Waals surface area contributed by atoms with Crippen LogP contribution in [0.15, 0.2) is 24.3 Å². The van der Waals surface area contributed by atoms with Gasteiger partial charge < -0.3 is 15.5 Å². The average molecular weight is 372 g/mol. The molecule has 0 aliphatic rings. The van der Waals surface area contributed by atoms with Crippen LogP contribution in [0.2, 0.25) is 0 Å². The van der Waals surface area contributed by atoms with Crippen LogP contribution < -0.4 is 5.32 Å². The molecule has 26 heavy (non-hydrogen) atoms. The van der Waals surface area contributed by atoms with Crippen molar-refractivity contribution < 1.29 is 24.2 Å². The number of nitriles is 1. The third-order valence-corrected chi connectivity index (χ3v) is 4.28. The van der Waals surface area contributed by atoms with E-state index in [1.54, 1.807) is 0 Å². The largest absolute Gasteiger partial charge is 0.505 e. The van der Waals surface area contributed by atoms with Gasteiger partial charge in [0.1, 0.15) is 18.4 Å². The molecule has 0 atom stereocenters. The van der Waals surface area contributed by atoms with Gasteiger partial charge in [-0.05, 0) is 35.8 Å². The van der Waals surface area contributed by atoms with Gasteiger partial charge >= 0.3 is 5.97 Å². The molecule has 3 aromatic rings. The Bertz CT molecular complexity index is 1070. The lowest BCUT2D eigenvalue weighted by atomic mass is 10.1. The Kier molecular flexibility index (Phi) is 4.47. The number of fused-ring (bicyclic) bond motifs is 1. The summed E-state index contributed by atoms with van der Waals surface area (Å²) in [5, 5.41) is 30.6. The van der Waals surface area contributed by atoms with Gasteiger partial charge in [-0.15, -0.1) is 0 Å². The fourth-order valence-electron chi connectivity index (χ4n) is 2.28. The molecule has 0 aliphatic carbocycles. The number of aromatic nitrogens is 2. The molecular weight excluding hydrogens is 363 g/mol. The Balaban J connectivity index is 2.20. The first-order valence-electron chi connectivity index (χ1n) is 7.10. The van der Waals surface area contributed by atoms with Crippen molar-refractivity contribution >= 4 is 33.5 Å². The zero-order valence-corrected chi connectivity index (χ0v) is 13.7. The van der Waals surface area contributed by atoms with Crippen LogP contribution in [0.1, 0.15) is 16.2 Å². The first-order chi connectivity index (χ1) is 12.4. The minimum absolute atomic E-state index is 0.119. The number of carbonyl (C=O) groups is 2. The van der Waals surface area contributed by atoms with Crippen LogP contribution in [-0.4, -0.2) is 38.0 Å². The molecule has 0 bridgehead atoms. The van der Waals surface area contributed by atoms with E-state index < -0.39 is 35.7 Å². The maximum Gasteiger partial charge on any atom is 0.322 e. The van der Waals surface area contributed by atoms with Gasteiger partial charge in [0.2, 0.25) is 0 Å². The van der Waals surface area contributed by atoms with E-state index in [1.165, 1.54) is 24.3 Å². The summed E-state index contributed by atoms with van der Waals surface area (Å²) >= 11 is 0.902. The number of amides is 1. The van der Waals surface area contributed by atoms with Crippen molar-refractivity contribution in [3.8, 4) is 23.1 Å². The van der Waals surface area contributed by atoms with Crippen molar-refractivity contribution in [2.24, 2.45) is 0 Å². The number of nitrogens with zero attached hydrogens (tertiary/aromatic N) is 3. The number of carboxylic acids is 1. The molecule has 10 heteroatoms. The Morgan fingerprint density at radius 2 is 2.00 bits per heavy atom. The Morgan fingerprint density at radius 1 is 1.31 bits per heavy atom. The summed E-state index contributed by atoms with van der Waals surface area (Å²) in [5.41, 5.74) is 0.108. The number of rotatable bonds is 4. The number of nitrogens with one attached hydrogen (secondary N) is 1. The van der Waals surface area contributed by atoms with E-state index in [0.29, 0.717) is 5.56 Å². The molecule has 0 fully saturated rings. The van der Waals surface area contributed by atoms with E-state index in [1.807, 2.05) is 6.07 Å². The Hall–Kier alpha value is -3.58. The standard InChI is InChI=1S/C16H9FN4O4S/c17-8-3-1-7(2-4-8)12-11-14(24)13(16(25)19-6-10(22)23)20-9(5-18)15(11)26-21-12/h1-4,24H,6H2,(H,19,25)(H,22,23). The third-order valence-electron chi connectivity index (χ3n) is 3.43. The molecule has 0 saturated heterocycles. The van der Waals surface area contributed by atoms with Gasteiger partial charge in [-0.1, -0.05) is 0 Å². The molecule has 0 radical (unpaired) electrons. The number of aromatic hydroxyl groups is 1. The SMILES string of the molecule is N#Cc1nc(C(=O)NCC(=O)O)c(O)c2c(-c3ccc(F)cc3)nsc12. The second kappa shape index (κ2) is 6.73. The normalized spacial score (nSPS) is 10.5. The average Bonchev–Trinajstić information content (AvgIpc) is 3.06. The van der Waals surface area contributed by atoms with Crippen molar-refractivity contribution in [2.75, 3.05) is 6.54 Å². The Labute approximate surface area is 149 Å². The molecule has 1 amide bonds. The molecule has 2 heterocycles. The number of pyridine rings is 1. The summed E-state index contributed by atoms with van der Waals surface area (Å²) in [4.78, 5) is 26.5. The van der Waals surface area contributed by atoms with Crippen molar-refractivity contribution in [3.05, 3.63) is 41.5 Å². The lowest BCUT2D eigenvalue weighted by Gasteiger charge is -2.07. The van der Waals surface area contributed by atoms with Gasteiger partial charge in [-0.3, -0.25) is 9.59 Å². The number of hydrogen-bond donors (Lipinski definition) is 3. The van der Waals surface area contributed by atoms with E-state index in [-0.39, 0.29) is 21.5 Å². The van der Waals surface area contributed by atoms with Crippen molar-refractivity contribution in [2.45, 2.75) is 0 Å². The van der Waals surface area contributed by atoms with Crippen LogP contribution in [0.3, 0.4) is 0 Å². The first kappa shape index (κ1) is 17.2. The maximum absolute atomic E-state index is 13.1. The minimum Gasteiger partial charge on any atom is -0.505 e. The summed E-state index contributed by atoms with van der Waals surface area (Å²) < 4.78 is 17.6. The summed E-state index contributed by atoms with van der Waals surface area (Å²) in [5.74, 6) is -3.20. The van der Waals surface area contributed by atoms with E-state index in [0.717, 1.165) is 11.5 Å². The molecule has 0 spiro atoms. The van der Waals surface area contributed by atoms with E-state index in [2.05, 4.69) is 14.7 Å². The van der Waals surface area contributed by atoms with Crippen LogP contribution >= 0.6 is 11.5 Å². The fourth-order valence-corrected chi connectivity index (χ4v) is 3.13. The first-order valence-corrected chi connectivity index (χ1v) is 7.88. The highest BCUT2D eigenvalue weighted by Crippen LogP contribution is 2.39. The molecular formula is C16H9FN4O4S. The fraction of sp³-hybridized carbons (Fsp3) is 0.0625. The maximum atomic E-state index is 13.1. The number of benzene rings is 1. The number of aliphatic carboxylic acids is 1. The van der Waals surface area contributed by atoms with Gasteiger partial charge in [0.05, 0.1) is 15.8 Å². The predicted octanol–water partition coefficient (Wildman–Crippen LogP) is 1.89. The number of hydrogen-bond acceptors (Lipinski definition) is 7. The molecule has 2 aromatic heterocycles. The molecule has 0 saturated carbocycles. The zero-order valence-electron chi connectivity index (χ0n) is 12.9. The summed E-state index contributed by atoms with van der Waals surface area (Å²) in [6, 6.07) is 7.14. The lowest BCUT2D eigenvalue weighted by molar-refractivity contribution is -0.135. The molecule has 1 aromatic carbocycles. The van der Waals surface area contributed by atoms with Crippen LogP contribution in [0.25, 0.3) is 21.3 Å². The summed E-state index contributed by atoms with van der Waals surface area (Å²) in [7, 11) is 0. The van der Waals surface area contributed by atoms with Gasteiger partial charge in [-0.25, -0.2) is 9.37 Å². The topological polar surface area (TPSA) is 136 Å². The van der Waals surface area contributed by atoms with Crippen molar-refractivity contribution in [3.63, 3.8) is 0 Å². The predicted molar refractivity (Wildman–Crippen MR) is 89.2 cm³/mol. The van der Waals surface area contributed by atoms with Crippen molar-refractivity contribution in [1.29, 1.82) is 5.26 Å². The van der Waals surface area contributed by atoms with Crippen molar-refractivity contribution in [1.82, 2.24) is 14.7 Å². The zero-order chi connectivity index (χ0) is 18.8. The highest BCUT2D eigenvalue weighted by atomic mass is 32.1. The minimum atomic E-state index is -1.27. The monoisotopic (exact) mass is 372 g/mol. The van der Waals surface area contributed by atoms with E-state index >= 15 is 0 Å². The molecule has 3 rings (SSSR count). The molecule has 3 N–H and O–H groups in total. The molecule has 130 valence electrons. The molecule has 8 nitrogen and oxygen atoms in total. The summed E-state index contributed by atoms with van der Waals surface area (Å²) in [6.45, 7) is -0.674. The van der Waals surface area contributed by atoms with Crippen LogP contribution in [0.5, 0.6) is 5.75 Å². The van der Waals surface area contributed by atoms with E-state index in [4.69, 9.17) is 5.11 Å². The van der Waals surface area contributed by atoms with Gasteiger partial charge in [0.25, 0.3) is 5.91 Å². The van der Waals surface area contributed by atoms with Gasteiger partial charge in [0.15, 0.2) is 17.1 Å². The molecule has 0 unspecified atom stereocenters. The van der Waals surface area contributed by atoms with Gasteiger partial charge in [-0.2, -0.15) is 9.64 Å². The quantitative estimate of drug-likeness (QED) is 0.636. The second-order valence-corrected chi connectivity index (χ2v) is 5.86. The smallest absolute Gasteiger partial charge is 0.322 e.